The molecule has 0 heterocycles. The Morgan fingerprint density at radius 3 is 1.19 bits per heavy atom. The number of carbonyl (C=O) groups is 2. The van der Waals surface area contributed by atoms with E-state index in [0.717, 1.165) is 0 Å². The molecule has 0 aliphatic heterocycles. The first-order valence-electron chi connectivity index (χ1n) is 3.51. The average molecular weight is 331 g/mol. The number of aliphatic hydroxyl groups is 2. The second kappa shape index (κ2) is 14.4. The zero-order valence-corrected chi connectivity index (χ0v) is 9.12. The number of rotatable bonds is 4. The molecule has 0 aromatic carbocycles. The third kappa shape index (κ3) is 15.9. The Morgan fingerprint density at radius 2 is 1.19 bits per heavy atom. The summed E-state index contributed by atoms with van der Waals surface area (Å²) in [6.45, 7) is -1.13. The fourth-order valence-electron chi connectivity index (χ4n) is 0.149. The van der Waals surface area contributed by atoms with Crippen molar-refractivity contribution >= 4 is 11.9 Å². The van der Waals surface area contributed by atoms with Crippen LogP contribution in [0, 0.1) is 0 Å². The van der Waals surface area contributed by atoms with Crippen LogP contribution in [0.1, 0.15) is 7.43 Å². The molecular formula is C7H16N2O6Pd. The van der Waals surface area contributed by atoms with Gasteiger partial charge in [0.2, 0.25) is 0 Å². The molecule has 0 aliphatic carbocycles. The van der Waals surface area contributed by atoms with Gasteiger partial charge in [0, 0.05) is 0 Å². The van der Waals surface area contributed by atoms with E-state index in [-0.39, 0.29) is 27.8 Å². The Morgan fingerprint density at radius 1 is 1.00 bits per heavy atom. The maximum atomic E-state index is 9.53. The fourth-order valence-corrected chi connectivity index (χ4v) is 0.149. The first kappa shape index (κ1) is 24.6. The Kier molecular flexibility index (Phi) is 22.2. The normalized spacial score (nSPS) is 11.8. The van der Waals surface area contributed by atoms with Gasteiger partial charge in [-0.1, -0.05) is 7.43 Å². The molecule has 0 saturated carbocycles. The minimum Gasteiger partial charge on any atom is -0.548 e. The van der Waals surface area contributed by atoms with Crippen LogP contribution in [-0.2, 0) is 30.0 Å². The van der Waals surface area contributed by atoms with E-state index >= 15 is 0 Å². The predicted molar refractivity (Wildman–Crippen MR) is 46.9 cm³/mol. The van der Waals surface area contributed by atoms with E-state index in [1.807, 2.05) is 0 Å². The smallest absolute Gasteiger partial charge is 0.548 e. The molecular weight excluding hydrogens is 315 g/mol. The van der Waals surface area contributed by atoms with Crippen LogP contribution in [0.3, 0.4) is 0 Å². The molecule has 2 atom stereocenters. The first-order valence-corrected chi connectivity index (χ1v) is 3.51. The molecule has 0 fully saturated rings. The zero-order chi connectivity index (χ0) is 11.7. The number of aliphatic hydroxyl groups excluding tert-OH is 2. The van der Waals surface area contributed by atoms with Crippen molar-refractivity contribution in [2.24, 2.45) is 11.5 Å². The molecule has 0 bridgehead atoms. The van der Waals surface area contributed by atoms with E-state index in [9.17, 15) is 19.8 Å². The van der Waals surface area contributed by atoms with Crippen LogP contribution in [0.5, 0.6) is 0 Å². The molecule has 0 spiro atoms. The summed E-state index contributed by atoms with van der Waals surface area (Å²) in [6.07, 6.45) is 0. The molecule has 0 unspecified atom stereocenters. The Bertz CT molecular complexity index is 172. The molecule has 9 heteroatoms. The predicted octanol–water partition coefficient (Wildman–Crippen LogP) is -5.25. The van der Waals surface area contributed by atoms with Crippen LogP contribution in [0.15, 0.2) is 0 Å². The molecule has 100 valence electrons. The van der Waals surface area contributed by atoms with Crippen LogP contribution in [0.2, 0.25) is 0 Å². The average Bonchev–Trinajstić information content (AvgIpc) is 2.15. The van der Waals surface area contributed by atoms with E-state index < -0.39 is 37.2 Å². The van der Waals surface area contributed by atoms with E-state index in [1.54, 1.807) is 0 Å². The van der Waals surface area contributed by atoms with Gasteiger partial charge in [-0.05, 0) is 0 Å². The quantitative estimate of drug-likeness (QED) is 0.370. The molecule has 8 nitrogen and oxygen atoms in total. The summed E-state index contributed by atoms with van der Waals surface area (Å²) in [6, 6.07) is -2.47. The molecule has 0 aliphatic rings. The first-order chi connectivity index (χ1) is 6.36. The van der Waals surface area contributed by atoms with Crippen LogP contribution in [0.4, 0.5) is 0 Å². The third-order valence-corrected chi connectivity index (χ3v) is 0.999. The largest absolute Gasteiger partial charge is 2.00 e. The maximum Gasteiger partial charge on any atom is 2.00 e. The number of nitrogens with two attached hydrogens (primary N) is 2. The Labute approximate surface area is 107 Å². The van der Waals surface area contributed by atoms with Crippen molar-refractivity contribution in [1.82, 2.24) is 0 Å². The summed E-state index contributed by atoms with van der Waals surface area (Å²) in [5, 5.41) is 35.0. The van der Waals surface area contributed by atoms with Crippen molar-refractivity contribution in [2.75, 3.05) is 13.2 Å². The van der Waals surface area contributed by atoms with Crippen LogP contribution >= 0.6 is 0 Å². The molecule has 16 heavy (non-hydrogen) atoms. The second-order valence-electron chi connectivity index (χ2n) is 2.22. The van der Waals surface area contributed by atoms with Gasteiger partial charge in [-0.2, -0.15) is 0 Å². The number of hydrogen-bond acceptors (Lipinski definition) is 8. The second-order valence-corrected chi connectivity index (χ2v) is 2.22. The maximum absolute atomic E-state index is 9.53. The SMILES string of the molecule is C.N[C@@H](CO)C(=O)[O-].N[C@@H](CO)C(=O)[O-].[Pd+2]. The van der Waals surface area contributed by atoms with Crippen molar-refractivity contribution < 1.29 is 50.4 Å². The van der Waals surface area contributed by atoms with Gasteiger partial charge in [-0.15, -0.1) is 0 Å². The number of carbonyl (C=O) groups excluding carboxylic acids is 2. The van der Waals surface area contributed by atoms with Crippen molar-refractivity contribution in [1.29, 1.82) is 0 Å². The summed E-state index contributed by atoms with van der Waals surface area (Å²) in [7, 11) is 0. The van der Waals surface area contributed by atoms with Gasteiger partial charge in [-0.3, -0.25) is 0 Å². The topological polar surface area (TPSA) is 173 Å². The Balaban J connectivity index is -0.0000000800. The Hall–Kier alpha value is -0.558. The van der Waals surface area contributed by atoms with Crippen molar-refractivity contribution in [3.8, 4) is 0 Å². The van der Waals surface area contributed by atoms with E-state index in [1.165, 1.54) is 0 Å². The van der Waals surface area contributed by atoms with Gasteiger partial charge in [-0.25, -0.2) is 0 Å². The van der Waals surface area contributed by atoms with Crippen molar-refractivity contribution in [2.45, 2.75) is 19.5 Å². The van der Waals surface area contributed by atoms with Crippen molar-refractivity contribution in [3.63, 3.8) is 0 Å². The summed E-state index contributed by atoms with van der Waals surface area (Å²) < 4.78 is 0. The fraction of sp³-hybridized carbons (Fsp3) is 0.714. The summed E-state index contributed by atoms with van der Waals surface area (Å²) >= 11 is 0. The van der Waals surface area contributed by atoms with Gasteiger partial charge in [0.25, 0.3) is 0 Å². The zero-order valence-electron chi connectivity index (χ0n) is 7.57. The van der Waals surface area contributed by atoms with E-state index in [0.29, 0.717) is 0 Å². The molecule has 0 rings (SSSR count). The molecule has 0 saturated heterocycles. The van der Waals surface area contributed by atoms with Gasteiger partial charge in [0.05, 0.1) is 37.2 Å². The summed E-state index contributed by atoms with van der Waals surface area (Å²) in [4.78, 5) is 19.1. The number of carboxylic acids is 2. The van der Waals surface area contributed by atoms with Gasteiger partial charge < -0.3 is 41.5 Å². The minimum absolute atomic E-state index is 0. The van der Waals surface area contributed by atoms with Crippen molar-refractivity contribution in [3.05, 3.63) is 0 Å². The van der Waals surface area contributed by atoms with Gasteiger partial charge in [0.15, 0.2) is 0 Å². The summed E-state index contributed by atoms with van der Waals surface area (Å²) in [5.41, 5.74) is 9.41. The van der Waals surface area contributed by atoms with Gasteiger partial charge in [0.1, 0.15) is 0 Å². The van der Waals surface area contributed by atoms with Crippen LogP contribution < -0.4 is 21.7 Å². The minimum atomic E-state index is -1.43. The molecule has 0 radical (unpaired) electrons. The number of hydrogen-bond donors (Lipinski definition) is 4. The van der Waals surface area contributed by atoms with E-state index in [4.69, 9.17) is 21.7 Å². The van der Waals surface area contributed by atoms with E-state index in [2.05, 4.69) is 0 Å². The monoisotopic (exact) mass is 330 g/mol. The molecule has 0 aromatic rings. The van der Waals surface area contributed by atoms with Gasteiger partial charge >= 0.3 is 20.4 Å². The number of aliphatic carboxylic acids is 2. The standard InChI is InChI=1S/2C3H7NO3.CH4.Pd/c2*4-2(1-5)3(6)7;;/h2*2,5H,1,4H2,(H,6,7);1H4;/q;;;+2/p-2/t2*2-;;/m00../s1. The number of carboxylic acid groups (broad SMARTS) is 2. The summed E-state index contributed by atoms with van der Waals surface area (Å²) in [5.74, 6) is -2.86. The van der Waals surface area contributed by atoms with Crippen LogP contribution in [0.25, 0.3) is 0 Å². The van der Waals surface area contributed by atoms with Crippen LogP contribution in [-0.4, -0.2) is 47.4 Å². The molecule has 0 amide bonds. The molecule has 6 N–H and O–H groups in total. The molecule has 0 aromatic heterocycles. The third-order valence-electron chi connectivity index (χ3n) is 0.999.